The first-order valence-corrected chi connectivity index (χ1v) is 5.01. The third-order valence-corrected chi connectivity index (χ3v) is 2.32. The average molecular weight is 249 g/mol. The van der Waals surface area contributed by atoms with E-state index in [9.17, 15) is 4.39 Å². The number of aromatic nitrogens is 2. The highest BCUT2D eigenvalue weighted by atomic mass is 35.5. The van der Waals surface area contributed by atoms with Crippen molar-refractivity contribution in [2.45, 2.75) is 0 Å². The summed E-state index contributed by atoms with van der Waals surface area (Å²) < 4.78 is 13.0. The minimum Gasteiger partial charge on any atom is -0.336 e. The summed E-state index contributed by atoms with van der Waals surface area (Å²) in [4.78, 5) is 7.76. The van der Waals surface area contributed by atoms with E-state index in [1.165, 1.54) is 30.6 Å². The van der Waals surface area contributed by atoms with Gasteiger partial charge in [0.15, 0.2) is 11.5 Å². The van der Waals surface area contributed by atoms with E-state index in [2.05, 4.69) is 15.3 Å². The number of benzene rings is 1. The van der Waals surface area contributed by atoms with Crippen LogP contribution in [0.1, 0.15) is 5.69 Å². The predicted molar refractivity (Wildman–Crippen MR) is 61.4 cm³/mol. The highest BCUT2D eigenvalue weighted by Crippen LogP contribution is 2.25. The zero-order chi connectivity index (χ0) is 12.3. The van der Waals surface area contributed by atoms with Gasteiger partial charge in [0, 0.05) is 12.4 Å². The second kappa shape index (κ2) is 4.76. The second-order valence-electron chi connectivity index (χ2n) is 3.11. The Morgan fingerprint density at radius 2 is 2.06 bits per heavy atom. The third kappa shape index (κ3) is 2.49. The Morgan fingerprint density at radius 3 is 2.82 bits per heavy atom. The molecule has 0 bridgehead atoms. The van der Waals surface area contributed by atoms with Crippen molar-refractivity contribution < 1.29 is 4.39 Å². The van der Waals surface area contributed by atoms with Crippen molar-refractivity contribution in [2.75, 3.05) is 5.32 Å². The standard InChI is InChI=1S/C11H6ClFN4/c12-8-2-1-7(13)5-9(8)17-11-10(6-14)15-3-4-16-11/h1-5H,(H,16,17). The van der Waals surface area contributed by atoms with E-state index in [4.69, 9.17) is 16.9 Å². The molecule has 6 heteroatoms. The van der Waals surface area contributed by atoms with Crippen LogP contribution in [0.25, 0.3) is 0 Å². The van der Waals surface area contributed by atoms with Gasteiger partial charge in [-0.1, -0.05) is 11.6 Å². The van der Waals surface area contributed by atoms with Crippen LogP contribution in [-0.4, -0.2) is 9.97 Å². The fourth-order valence-electron chi connectivity index (χ4n) is 1.23. The molecule has 0 amide bonds. The molecule has 4 nitrogen and oxygen atoms in total. The maximum Gasteiger partial charge on any atom is 0.183 e. The summed E-state index contributed by atoms with van der Waals surface area (Å²) in [6, 6.07) is 5.76. The van der Waals surface area contributed by atoms with E-state index in [1.54, 1.807) is 0 Å². The van der Waals surface area contributed by atoms with Gasteiger partial charge in [0.05, 0.1) is 10.7 Å². The van der Waals surface area contributed by atoms with E-state index in [1.807, 2.05) is 6.07 Å². The molecule has 2 rings (SSSR count). The summed E-state index contributed by atoms with van der Waals surface area (Å²) in [6.07, 6.45) is 2.83. The number of hydrogen-bond donors (Lipinski definition) is 1. The van der Waals surface area contributed by atoms with Gasteiger partial charge < -0.3 is 5.32 Å². The topological polar surface area (TPSA) is 61.6 Å². The molecule has 0 spiro atoms. The number of hydrogen-bond acceptors (Lipinski definition) is 4. The van der Waals surface area contributed by atoms with Gasteiger partial charge in [-0.3, -0.25) is 0 Å². The molecule has 17 heavy (non-hydrogen) atoms. The van der Waals surface area contributed by atoms with Gasteiger partial charge in [-0.2, -0.15) is 5.26 Å². The smallest absolute Gasteiger partial charge is 0.183 e. The van der Waals surface area contributed by atoms with Crippen LogP contribution in [0.3, 0.4) is 0 Å². The van der Waals surface area contributed by atoms with Gasteiger partial charge in [0.2, 0.25) is 0 Å². The van der Waals surface area contributed by atoms with Gasteiger partial charge in [0.1, 0.15) is 11.9 Å². The first-order valence-electron chi connectivity index (χ1n) is 4.64. The van der Waals surface area contributed by atoms with Crippen LogP contribution >= 0.6 is 11.6 Å². The maximum absolute atomic E-state index is 13.0. The average Bonchev–Trinajstić information content (AvgIpc) is 2.34. The van der Waals surface area contributed by atoms with E-state index in [-0.39, 0.29) is 11.5 Å². The number of rotatable bonds is 2. The van der Waals surface area contributed by atoms with Gasteiger partial charge in [-0.05, 0) is 18.2 Å². The number of anilines is 2. The molecule has 0 aliphatic heterocycles. The number of halogens is 2. The van der Waals surface area contributed by atoms with Crippen LogP contribution in [-0.2, 0) is 0 Å². The molecule has 84 valence electrons. The molecule has 0 fully saturated rings. The van der Waals surface area contributed by atoms with Crippen molar-refractivity contribution in [3.05, 3.63) is 47.1 Å². The summed E-state index contributed by atoms with van der Waals surface area (Å²) in [5.74, 6) is -0.193. The lowest BCUT2D eigenvalue weighted by Gasteiger charge is -2.07. The first kappa shape index (κ1) is 11.3. The van der Waals surface area contributed by atoms with Crippen LogP contribution in [0.15, 0.2) is 30.6 Å². The predicted octanol–water partition coefficient (Wildman–Crippen LogP) is 2.88. The molecule has 0 saturated carbocycles. The van der Waals surface area contributed by atoms with Crippen LogP contribution in [0, 0.1) is 17.1 Å². The summed E-state index contributed by atoms with van der Waals surface area (Å²) >= 11 is 5.88. The van der Waals surface area contributed by atoms with E-state index in [0.717, 1.165) is 0 Å². The zero-order valence-corrected chi connectivity index (χ0v) is 9.24. The van der Waals surface area contributed by atoms with Crippen LogP contribution < -0.4 is 5.32 Å². The second-order valence-corrected chi connectivity index (χ2v) is 3.52. The molecule has 1 heterocycles. The Hall–Kier alpha value is -2.19. The Morgan fingerprint density at radius 1 is 1.29 bits per heavy atom. The lowest BCUT2D eigenvalue weighted by atomic mass is 10.3. The maximum atomic E-state index is 13.0. The number of nitrogens with one attached hydrogen (secondary N) is 1. The monoisotopic (exact) mass is 248 g/mol. The van der Waals surface area contributed by atoms with Crippen molar-refractivity contribution in [1.29, 1.82) is 5.26 Å². The molecular weight excluding hydrogens is 243 g/mol. The molecule has 1 aromatic carbocycles. The lowest BCUT2D eigenvalue weighted by Crippen LogP contribution is -1.99. The Kier molecular flexibility index (Phi) is 3.17. The van der Waals surface area contributed by atoms with Gasteiger partial charge in [0.25, 0.3) is 0 Å². The Labute approximate surface area is 102 Å². The molecule has 0 aliphatic rings. The molecule has 2 aromatic rings. The lowest BCUT2D eigenvalue weighted by molar-refractivity contribution is 0.628. The van der Waals surface area contributed by atoms with Crippen LogP contribution in [0.4, 0.5) is 15.9 Å². The van der Waals surface area contributed by atoms with Gasteiger partial charge in [-0.15, -0.1) is 0 Å². The summed E-state index contributed by atoms with van der Waals surface area (Å²) in [6.45, 7) is 0. The largest absolute Gasteiger partial charge is 0.336 e. The van der Waals surface area contributed by atoms with Crippen LogP contribution in [0.5, 0.6) is 0 Å². The molecule has 1 N–H and O–H groups in total. The molecule has 0 radical (unpaired) electrons. The SMILES string of the molecule is N#Cc1nccnc1Nc1cc(F)ccc1Cl. The minimum atomic E-state index is -0.431. The van der Waals surface area contributed by atoms with Crippen molar-refractivity contribution in [3.63, 3.8) is 0 Å². The minimum absolute atomic E-state index is 0.118. The van der Waals surface area contributed by atoms with Crippen LogP contribution in [0.2, 0.25) is 5.02 Å². The Bertz CT molecular complexity index is 594. The van der Waals surface area contributed by atoms with E-state index in [0.29, 0.717) is 10.7 Å². The van der Waals surface area contributed by atoms with Crippen molar-refractivity contribution in [3.8, 4) is 6.07 Å². The number of nitriles is 1. The van der Waals surface area contributed by atoms with Crippen molar-refractivity contribution in [2.24, 2.45) is 0 Å². The van der Waals surface area contributed by atoms with Gasteiger partial charge in [-0.25, -0.2) is 14.4 Å². The molecule has 0 unspecified atom stereocenters. The Balaban J connectivity index is 2.38. The number of nitrogens with zero attached hydrogens (tertiary/aromatic N) is 3. The summed E-state index contributed by atoms with van der Waals surface area (Å²) in [5, 5.41) is 11.9. The molecular formula is C11H6ClFN4. The summed E-state index contributed by atoms with van der Waals surface area (Å²) in [5.41, 5.74) is 0.455. The molecule has 0 aliphatic carbocycles. The fraction of sp³-hybridized carbons (Fsp3) is 0. The molecule has 1 aromatic heterocycles. The molecule has 0 atom stereocenters. The molecule has 0 saturated heterocycles. The quantitative estimate of drug-likeness (QED) is 0.888. The normalized spacial score (nSPS) is 9.71. The third-order valence-electron chi connectivity index (χ3n) is 1.99. The fourth-order valence-corrected chi connectivity index (χ4v) is 1.40. The van der Waals surface area contributed by atoms with Gasteiger partial charge >= 0.3 is 0 Å². The zero-order valence-electron chi connectivity index (χ0n) is 8.48. The van der Waals surface area contributed by atoms with E-state index >= 15 is 0 Å². The van der Waals surface area contributed by atoms with Crippen molar-refractivity contribution in [1.82, 2.24) is 9.97 Å². The highest BCUT2D eigenvalue weighted by molar-refractivity contribution is 6.33. The summed E-state index contributed by atoms with van der Waals surface area (Å²) in [7, 11) is 0. The van der Waals surface area contributed by atoms with Crippen molar-refractivity contribution >= 4 is 23.1 Å². The highest BCUT2D eigenvalue weighted by Gasteiger charge is 2.07. The van der Waals surface area contributed by atoms with E-state index < -0.39 is 5.82 Å². The first-order chi connectivity index (χ1) is 8.20.